The molecular formula is C16H27FN2. The molecule has 0 atom stereocenters. The standard InChI is InChI=1S/C16H27FN2/c1-12(2)8-9-19(5)16-7-6-14(10-15(16)17)11-18-13(3)4/h6-7,10,12-13,18H,8-9,11H2,1-5H3. The summed E-state index contributed by atoms with van der Waals surface area (Å²) in [5.74, 6) is 0.509. The first-order valence-electron chi connectivity index (χ1n) is 7.13. The molecule has 1 aromatic carbocycles. The molecule has 0 heterocycles. The molecule has 108 valence electrons. The Labute approximate surface area is 117 Å². The lowest BCUT2D eigenvalue weighted by Gasteiger charge is -2.21. The second kappa shape index (κ2) is 7.49. The summed E-state index contributed by atoms with van der Waals surface area (Å²) in [5, 5.41) is 3.30. The summed E-state index contributed by atoms with van der Waals surface area (Å²) < 4.78 is 14.1. The number of benzene rings is 1. The molecule has 0 unspecified atom stereocenters. The molecule has 3 heteroatoms. The molecule has 0 amide bonds. The van der Waals surface area contributed by atoms with Crippen molar-refractivity contribution in [3.63, 3.8) is 0 Å². The fourth-order valence-corrected chi connectivity index (χ4v) is 1.86. The highest BCUT2D eigenvalue weighted by Crippen LogP contribution is 2.20. The van der Waals surface area contributed by atoms with Gasteiger partial charge in [0, 0.05) is 26.2 Å². The summed E-state index contributed by atoms with van der Waals surface area (Å²) in [6.45, 7) is 10.1. The highest BCUT2D eigenvalue weighted by Gasteiger charge is 2.09. The third kappa shape index (κ3) is 5.60. The molecule has 1 N–H and O–H groups in total. The van der Waals surface area contributed by atoms with Gasteiger partial charge in [-0.2, -0.15) is 0 Å². The van der Waals surface area contributed by atoms with Gasteiger partial charge in [-0.05, 0) is 30.0 Å². The van der Waals surface area contributed by atoms with Crippen molar-refractivity contribution in [2.75, 3.05) is 18.5 Å². The smallest absolute Gasteiger partial charge is 0.146 e. The maximum Gasteiger partial charge on any atom is 0.146 e. The lowest BCUT2D eigenvalue weighted by Crippen LogP contribution is -2.23. The van der Waals surface area contributed by atoms with Crippen LogP contribution in [0.5, 0.6) is 0 Å². The van der Waals surface area contributed by atoms with E-state index in [1.54, 1.807) is 6.07 Å². The molecular weight excluding hydrogens is 239 g/mol. The van der Waals surface area contributed by atoms with Crippen molar-refractivity contribution >= 4 is 5.69 Å². The van der Waals surface area contributed by atoms with Gasteiger partial charge >= 0.3 is 0 Å². The number of anilines is 1. The molecule has 0 aliphatic heterocycles. The topological polar surface area (TPSA) is 15.3 Å². The predicted octanol–water partition coefficient (Wildman–Crippen LogP) is 3.81. The van der Waals surface area contributed by atoms with E-state index in [1.165, 1.54) is 0 Å². The van der Waals surface area contributed by atoms with Gasteiger partial charge in [0.1, 0.15) is 5.82 Å². The fraction of sp³-hybridized carbons (Fsp3) is 0.625. The Balaban J connectivity index is 2.65. The largest absolute Gasteiger partial charge is 0.372 e. The van der Waals surface area contributed by atoms with Crippen molar-refractivity contribution in [1.29, 1.82) is 0 Å². The van der Waals surface area contributed by atoms with E-state index in [1.807, 2.05) is 24.1 Å². The molecule has 1 aromatic rings. The van der Waals surface area contributed by atoms with Crippen molar-refractivity contribution in [1.82, 2.24) is 5.32 Å². The van der Waals surface area contributed by atoms with Crippen molar-refractivity contribution in [2.24, 2.45) is 5.92 Å². The number of halogens is 1. The second-order valence-corrected chi connectivity index (χ2v) is 5.93. The zero-order valence-electron chi connectivity index (χ0n) is 12.8. The zero-order chi connectivity index (χ0) is 14.4. The van der Waals surface area contributed by atoms with Gasteiger partial charge in [-0.15, -0.1) is 0 Å². The minimum Gasteiger partial charge on any atom is -0.372 e. The van der Waals surface area contributed by atoms with Gasteiger partial charge in [-0.1, -0.05) is 33.8 Å². The molecule has 0 radical (unpaired) electrons. The average molecular weight is 266 g/mol. The quantitative estimate of drug-likeness (QED) is 0.807. The number of nitrogens with zero attached hydrogens (tertiary/aromatic N) is 1. The minimum absolute atomic E-state index is 0.130. The minimum atomic E-state index is -0.130. The number of hydrogen-bond acceptors (Lipinski definition) is 2. The molecule has 0 bridgehead atoms. The van der Waals surface area contributed by atoms with Crippen LogP contribution in [0.2, 0.25) is 0 Å². The molecule has 0 saturated heterocycles. The van der Waals surface area contributed by atoms with Gasteiger partial charge in [0.25, 0.3) is 0 Å². The van der Waals surface area contributed by atoms with Gasteiger partial charge in [0.05, 0.1) is 5.69 Å². The first-order chi connectivity index (χ1) is 8.90. The Bertz CT molecular complexity index is 388. The van der Waals surface area contributed by atoms with Gasteiger partial charge in [-0.3, -0.25) is 0 Å². The van der Waals surface area contributed by atoms with Gasteiger partial charge < -0.3 is 10.2 Å². The Hall–Kier alpha value is -1.09. The van der Waals surface area contributed by atoms with Crippen LogP contribution in [-0.4, -0.2) is 19.6 Å². The third-order valence-electron chi connectivity index (χ3n) is 3.18. The summed E-state index contributed by atoms with van der Waals surface area (Å²) in [7, 11) is 1.95. The summed E-state index contributed by atoms with van der Waals surface area (Å²) in [6.07, 6.45) is 1.08. The molecule has 0 aromatic heterocycles. The van der Waals surface area contributed by atoms with Crippen LogP contribution in [0.1, 0.15) is 39.7 Å². The third-order valence-corrected chi connectivity index (χ3v) is 3.18. The van der Waals surface area contributed by atoms with E-state index in [9.17, 15) is 4.39 Å². The second-order valence-electron chi connectivity index (χ2n) is 5.93. The van der Waals surface area contributed by atoms with Crippen LogP contribution in [0.3, 0.4) is 0 Å². The number of nitrogens with one attached hydrogen (secondary N) is 1. The van der Waals surface area contributed by atoms with Gasteiger partial charge in [-0.25, -0.2) is 4.39 Å². The van der Waals surface area contributed by atoms with E-state index in [4.69, 9.17) is 0 Å². The summed E-state index contributed by atoms with van der Waals surface area (Å²) in [5.41, 5.74) is 1.68. The number of rotatable bonds is 7. The van der Waals surface area contributed by atoms with E-state index in [2.05, 4.69) is 33.0 Å². The zero-order valence-corrected chi connectivity index (χ0v) is 12.8. The van der Waals surface area contributed by atoms with Gasteiger partial charge in [0.15, 0.2) is 0 Å². The monoisotopic (exact) mass is 266 g/mol. The van der Waals surface area contributed by atoms with Crippen LogP contribution in [0.15, 0.2) is 18.2 Å². The molecule has 0 aliphatic carbocycles. The molecule has 0 spiro atoms. The summed E-state index contributed by atoms with van der Waals surface area (Å²) >= 11 is 0. The Morgan fingerprint density at radius 1 is 1.21 bits per heavy atom. The van der Waals surface area contributed by atoms with Crippen LogP contribution >= 0.6 is 0 Å². The fourth-order valence-electron chi connectivity index (χ4n) is 1.86. The first-order valence-corrected chi connectivity index (χ1v) is 7.13. The van der Waals surface area contributed by atoms with Crippen LogP contribution in [0, 0.1) is 11.7 Å². The SMILES string of the molecule is CC(C)CCN(C)c1ccc(CNC(C)C)cc1F. The predicted molar refractivity (Wildman–Crippen MR) is 81.1 cm³/mol. The molecule has 0 aliphatic rings. The van der Waals surface area contributed by atoms with Crippen LogP contribution in [0.4, 0.5) is 10.1 Å². The molecule has 19 heavy (non-hydrogen) atoms. The first kappa shape index (κ1) is 16.0. The van der Waals surface area contributed by atoms with E-state index >= 15 is 0 Å². The van der Waals surface area contributed by atoms with Gasteiger partial charge in [0.2, 0.25) is 0 Å². The maximum atomic E-state index is 14.1. The Morgan fingerprint density at radius 2 is 1.89 bits per heavy atom. The molecule has 0 saturated carbocycles. The average Bonchev–Trinajstić information content (AvgIpc) is 2.33. The van der Waals surface area contributed by atoms with Crippen LogP contribution in [0.25, 0.3) is 0 Å². The normalized spacial score (nSPS) is 11.4. The summed E-state index contributed by atoms with van der Waals surface area (Å²) in [4.78, 5) is 2.00. The van der Waals surface area contributed by atoms with Crippen molar-refractivity contribution in [3.8, 4) is 0 Å². The molecule has 1 rings (SSSR count). The number of hydrogen-bond donors (Lipinski definition) is 1. The van der Waals surface area contributed by atoms with Crippen molar-refractivity contribution < 1.29 is 4.39 Å². The Morgan fingerprint density at radius 3 is 2.42 bits per heavy atom. The lowest BCUT2D eigenvalue weighted by atomic mass is 10.1. The van der Waals surface area contributed by atoms with Crippen LogP contribution in [-0.2, 0) is 6.54 Å². The van der Waals surface area contributed by atoms with E-state index in [0.29, 0.717) is 24.2 Å². The van der Waals surface area contributed by atoms with Crippen molar-refractivity contribution in [2.45, 2.75) is 46.7 Å². The Kier molecular flexibility index (Phi) is 6.29. The van der Waals surface area contributed by atoms with E-state index in [0.717, 1.165) is 18.5 Å². The van der Waals surface area contributed by atoms with Crippen molar-refractivity contribution in [3.05, 3.63) is 29.6 Å². The molecule has 0 fully saturated rings. The van der Waals surface area contributed by atoms with Crippen LogP contribution < -0.4 is 10.2 Å². The van der Waals surface area contributed by atoms with E-state index < -0.39 is 0 Å². The highest BCUT2D eigenvalue weighted by molar-refractivity contribution is 5.48. The van der Waals surface area contributed by atoms with E-state index in [-0.39, 0.29) is 5.82 Å². The lowest BCUT2D eigenvalue weighted by molar-refractivity contribution is 0.569. The highest BCUT2D eigenvalue weighted by atomic mass is 19.1. The molecule has 2 nitrogen and oxygen atoms in total. The summed E-state index contributed by atoms with van der Waals surface area (Å²) in [6, 6.07) is 5.93. The maximum absolute atomic E-state index is 14.1.